The minimum atomic E-state index is 1.27. The molecule has 2 heteroatoms. The summed E-state index contributed by atoms with van der Waals surface area (Å²) in [4.78, 5) is 0. The number of hydrogen-bond donors (Lipinski definition) is 0. The van der Waals surface area contributed by atoms with E-state index in [1.807, 2.05) is 22.7 Å². The molecule has 2 aromatic heterocycles. The number of thiophene rings is 2. The number of fused-ring (bicyclic) bond motifs is 9. The molecule has 0 spiro atoms. The van der Waals surface area contributed by atoms with E-state index in [0.717, 1.165) is 0 Å². The summed E-state index contributed by atoms with van der Waals surface area (Å²) in [6, 6.07) is 54.1. The Hall–Kier alpha value is -5.02. The van der Waals surface area contributed by atoms with Gasteiger partial charge in [-0.2, -0.15) is 0 Å². The van der Waals surface area contributed by atoms with Gasteiger partial charge >= 0.3 is 0 Å². The zero-order valence-corrected chi connectivity index (χ0v) is 25.3. The highest BCUT2D eigenvalue weighted by atomic mass is 32.1. The molecule has 2 heterocycles. The van der Waals surface area contributed by atoms with Crippen LogP contribution in [0.4, 0.5) is 0 Å². The third-order valence-electron chi connectivity index (χ3n) is 9.25. The van der Waals surface area contributed by atoms with Gasteiger partial charge in [-0.3, -0.25) is 0 Å². The molecule has 0 amide bonds. The van der Waals surface area contributed by atoms with Crippen LogP contribution in [0.1, 0.15) is 0 Å². The molecule has 10 aromatic rings. The van der Waals surface area contributed by atoms with Crippen LogP contribution in [-0.2, 0) is 0 Å². The largest absolute Gasteiger partial charge is 0.135 e. The molecule has 0 radical (unpaired) electrons. The molecular formula is C42H24S2. The monoisotopic (exact) mass is 592 g/mol. The standard InChI is InChI=1S/C42H24S2/c1-2-12-27-25(10-1)11-9-18-29(27)42-32-16-5-3-14-30(32)41(31-15-4-6-17-33(31)42)26-20-21-38-34(22-26)36-23-35-28-13-7-8-19-37(28)43-39(35)24-40(36)44-38/h1-24H. The zero-order valence-electron chi connectivity index (χ0n) is 23.7. The van der Waals surface area contributed by atoms with E-state index in [-0.39, 0.29) is 0 Å². The van der Waals surface area contributed by atoms with Crippen LogP contribution in [0.3, 0.4) is 0 Å². The van der Waals surface area contributed by atoms with E-state index in [2.05, 4.69) is 146 Å². The van der Waals surface area contributed by atoms with E-state index in [1.54, 1.807) is 0 Å². The molecule has 0 aliphatic carbocycles. The molecule has 8 aromatic carbocycles. The van der Waals surface area contributed by atoms with Gasteiger partial charge < -0.3 is 0 Å². The lowest BCUT2D eigenvalue weighted by Gasteiger charge is -2.19. The molecular weight excluding hydrogens is 569 g/mol. The quantitative estimate of drug-likeness (QED) is 0.175. The normalized spacial score (nSPS) is 12.1. The predicted octanol–water partition coefficient (Wildman–Crippen LogP) is 13.2. The van der Waals surface area contributed by atoms with Crippen molar-refractivity contribution in [3.8, 4) is 22.3 Å². The van der Waals surface area contributed by atoms with Crippen molar-refractivity contribution in [1.82, 2.24) is 0 Å². The van der Waals surface area contributed by atoms with Crippen LogP contribution < -0.4 is 0 Å². The van der Waals surface area contributed by atoms with Gasteiger partial charge in [0.25, 0.3) is 0 Å². The van der Waals surface area contributed by atoms with Crippen LogP contribution in [0, 0.1) is 0 Å². The maximum absolute atomic E-state index is 2.44. The first kappa shape index (κ1) is 24.4. The summed E-state index contributed by atoms with van der Waals surface area (Å²) in [5, 5.41) is 13.1. The molecule has 0 N–H and O–H groups in total. The van der Waals surface area contributed by atoms with Gasteiger partial charge in [-0.05, 0) is 84.9 Å². The van der Waals surface area contributed by atoms with Gasteiger partial charge in [0.15, 0.2) is 0 Å². The summed E-state index contributed by atoms with van der Waals surface area (Å²) >= 11 is 3.80. The van der Waals surface area contributed by atoms with Crippen molar-refractivity contribution in [2.45, 2.75) is 0 Å². The smallest absolute Gasteiger partial charge is 0.0369 e. The number of hydrogen-bond acceptors (Lipinski definition) is 2. The summed E-state index contributed by atoms with van der Waals surface area (Å²) in [6.45, 7) is 0. The molecule has 44 heavy (non-hydrogen) atoms. The van der Waals surface area contributed by atoms with Crippen molar-refractivity contribution in [2.24, 2.45) is 0 Å². The minimum absolute atomic E-state index is 1.27. The van der Waals surface area contributed by atoms with E-state index in [0.29, 0.717) is 0 Å². The van der Waals surface area contributed by atoms with Gasteiger partial charge in [0.2, 0.25) is 0 Å². The molecule has 0 atom stereocenters. The average molecular weight is 593 g/mol. The number of rotatable bonds is 2. The molecule has 0 saturated heterocycles. The van der Waals surface area contributed by atoms with E-state index in [9.17, 15) is 0 Å². The average Bonchev–Trinajstić information content (AvgIpc) is 3.62. The van der Waals surface area contributed by atoms with Gasteiger partial charge in [-0.25, -0.2) is 0 Å². The highest BCUT2D eigenvalue weighted by Crippen LogP contribution is 2.47. The van der Waals surface area contributed by atoms with E-state index in [1.165, 1.54) is 94.9 Å². The van der Waals surface area contributed by atoms with Crippen molar-refractivity contribution in [3.63, 3.8) is 0 Å². The molecule has 0 aliphatic heterocycles. The molecule has 0 unspecified atom stereocenters. The van der Waals surface area contributed by atoms with Crippen LogP contribution in [0.15, 0.2) is 146 Å². The predicted molar refractivity (Wildman–Crippen MR) is 196 cm³/mol. The minimum Gasteiger partial charge on any atom is -0.135 e. The Bertz CT molecular complexity index is 2710. The highest BCUT2D eigenvalue weighted by Gasteiger charge is 2.19. The first-order valence-corrected chi connectivity index (χ1v) is 16.6. The highest BCUT2D eigenvalue weighted by molar-refractivity contribution is 7.28. The lowest BCUT2D eigenvalue weighted by molar-refractivity contribution is 1.69. The van der Waals surface area contributed by atoms with Gasteiger partial charge in [0.05, 0.1) is 0 Å². The van der Waals surface area contributed by atoms with Crippen LogP contribution in [0.25, 0.3) is 94.9 Å². The Morgan fingerprint density at radius 1 is 0.295 bits per heavy atom. The van der Waals surface area contributed by atoms with E-state index < -0.39 is 0 Å². The second-order valence-electron chi connectivity index (χ2n) is 11.6. The van der Waals surface area contributed by atoms with Crippen LogP contribution in [0.2, 0.25) is 0 Å². The molecule has 0 saturated carbocycles. The lowest BCUT2D eigenvalue weighted by Crippen LogP contribution is -1.91. The fourth-order valence-corrected chi connectivity index (χ4v) is 9.63. The SMILES string of the molecule is c1ccc2c(-c3c4ccccc4c(-c4ccc5sc6cc7sc8ccccc8c7cc6c5c4)c4ccccc34)cccc2c1. The zero-order chi connectivity index (χ0) is 28.8. The van der Waals surface area contributed by atoms with Crippen molar-refractivity contribution < 1.29 is 0 Å². The fourth-order valence-electron chi connectivity index (χ4n) is 7.32. The second-order valence-corrected chi connectivity index (χ2v) is 13.8. The van der Waals surface area contributed by atoms with E-state index >= 15 is 0 Å². The number of benzene rings is 8. The molecule has 204 valence electrons. The van der Waals surface area contributed by atoms with Crippen LogP contribution in [-0.4, -0.2) is 0 Å². The van der Waals surface area contributed by atoms with Gasteiger partial charge in [0.1, 0.15) is 0 Å². The first-order chi connectivity index (χ1) is 21.8. The van der Waals surface area contributed by atoms with Crippen LogP contribution >= 0.6 is 22.7 Å². The summed E-state index contributed by atoms with van der Waals surface area (Å²) in [5.74, 6) is 0. The fraction of sp³-hybridized carbons (Fsp3) is 0. The topological polar surface area (TPSA) is 0 Å². The molecule has 0 aliphatic rings. The molecule has 0 nitrogen and oxygen atoms in total. The van der Waals surface area contributed by atoms with Crippen LogP contribution in [0.5, 0.6) is 0 Å². The maximum atomic E-state index is 2.44. The van der Waals surface area contributed by atoms with Gasteiger partial charge in [-0.15, -0.1) is 22.7 Å². The Labute approximate surface area is 262 Å². The summed E-state index contributed by atoms with van der Waals surface area (Å²) in [7, 11) is 0. The van der Waals surface area contributed by atoms with Crippen molar-refractivity contribution in [3.05, 3.63) is 146 Å². The Kier molecular flexibility index (Phi) is 5.13. The Morgan fingerprint density at radius 2 is 0.818 bits per heavy atom. The first-order valence-electron chi connectivity index (χ1n) is 15.0. The summed E-state index contributed by atoms with van der Waals surface area (Å²) in [5.41, 5.74) is 5.17. The third-order valence-corrected chi connectivity index (χ3v) is 11.5. The third kappa shape index (κ3) is 3.44. The van der Waals surface area contributed by atoms with Crippen molar-refractivity contribution >= 4 is 95.3 Å². The van der Waals surface area contributed by atoms with Gasteiger partial charge in [-0.1, -0.05) is 115 Å². The second kappa shape index (κ2) is 9.24. The molecule has 0 bridgehead atoms. The van der Waals surface area contributed by atoms with E-state index in [4.69, 9.17) is 0 Å². The molecule has 0 fully saturated rings. The Morgan fingerprint density at radius 3 is 1.55 bits per heavy atom. The van der Waals surface area contributed by atoms with Crippen molar-refractivity contribution in [1.29, 1.82) is 0 Å². The van der Waals surface area contributed by atoms with Crippen molar-refractivity contribution in [2.75, 3.05) is 0 Å². The summed E-state index contributed by atoms with van der Waals surface area (Å²) < 4.78 is 5.42. The lowest BCUT2D eigenvalue weighted by atomic mass is 9.84. The molecule has 10 rings (SSSR count). The maximum Gasteiger partial charge on any atom is 0.0369 e. The van der Waals surface area contributed by atoms with Gasteiger partial charge in [0, 0.05) is 40.3 Å². The summed E-state index contributed by atoms with van der Waals surface area (Å²) in [6.07, 6.45) is 0. The Balaban J connectivity index is 1.29.